The number of anilines is 2. The molecule has 1 aliphatic heterocycles. The molecule has 0 fully saturated rings. The van der Waals surface area contributed by atoms with Gasteiger partial charge in [0.05, 0.1) is 17.8 Å². The Balaban J connectivity index is 2.44. The highest BCUT2D eigenvalue weighted by molar-refractivity contribution is 5.70. The summed E-state index contributed by atoms with van der Waals surface area (Å²) in [5, 5.41) is 21.9. The number of aromatic nitrogens is 2. The third kappa shape index (κ3) is 5.20. The molecule has 0 saturated heterocycles. The smallest absolute Gasteiger partial charge is 0.225 e. The summed E-state index contributed by atoms with van der Waals surface area (Å²) in [5.41, 5.74) is 5.34. The van der Waals surface area contributed by atoms with Crippen molar-refractivity contribution in [2.24, 2.45) is 0 Å². The predicted octanol–water partition coefficient (Wildman–Crippen LogP) is 1.34. The molecule has 0 saturated carbocycles. The van der Waals surface area contributed by atoms with Crippen molar-refractivity contribution in [2.75, 3.05) is 36.8 Å². The van der Waals surface area contributed by atoms with Gasteiger partial charge in [-0.2, -0.15) is 4.98 Å². The molecule has 140 valence electrons. The van der Waals surface area contributed by atoms with Crippen LogP contribution in [0.4, 0.5) is 11.8 Å². The zero-order valence-corrected chi connectivity index (χ0v) is 15.9. The van der Waals surface area contributed by atoms with Crippen molar-refractivity contribution in [2.45, 2.75) is 46.8 Å². The Morgan fingerprint density at radius 1 is 1.08 bits per heavy atom. The van der Waals surface area contributed by atoms with E-state index < -0.39 is 5.60 Å². The molecule has 8 nitrogen and oxygen atoms in total. The first-order valence-electron chi connectivity index (χ1n) is 8.95. The molecule has 0 bridgehead atoms. The van der Waals surface area contributed by atoms with Gasteiger partial charge in [0, 0.05) is 37.9 Å². The Morgan fingerprint density at radius 2 is 1.80 bits per heavy atom. The Kier molecular flexibility index (Phi) is 6.44. The molecule has 1 aromatic heterocycles. The van der Waals surface area contributed by atoms with E-state index in [1.54, 1.807) is 13.8 Å². The Hall–Kier alpha value is -2.06. The molecule has 0 atom stereocenters. The van der Waals surface area contributed by atoms with Crippen LogP contribution < -0.4 is 21.4 Å². The highest BCUT2D eigenvalue weighted by Gasteiger charge is 2.24. The zero-order chi connectivity index (χ0) is 18.4. The van der Waals surface area contributed by atoms with Crippen molar-refractivity contribution < 1.29 is 5.11 Å². The lowest BCUT2D eigenvalue weighted by molar-refractivity contribution is 0.0944. The van der Waals surface area contributed by atoms with Gasteiger partial charge in [-0.15, -0.1) is 0 Å². The maximum absolute atomic E-state index is 10.1. The number of rotatable bonds is 9. The number of hydrogen-bond donors (Lipinski definition) is 5. The minimum Gasteiger partial charge on any atom is -0.389 e. The Bertz CT molecular complexity index is 610. The number of fused-ring (bicyclic) bond motifs is 1. The Labute approximate surface area is 150 Å². The Morgan fingerprint density at radius 3 is 2.40 bits per heavy atom. The summed E-state index contributed by atoms with van der Waals surface area (Å²) in [6, 6.07) is 0. The molecule has 0 aliphatic carbocycles. The van der Waals surface area contributed by atoms with Gasteiger partial charge in [-0.1, -0.05) is 6.92 Å². The molecular formula is C17H31N7O. The maximum atomic E-state index is 10.1. The van der Waals surface area contributed by atoms with Gasteiger partial charge >= 0.3 is 0 Å². The highest BCUT2D eigenvalue weighted by atomic mass is 16.3. The van der Waals surface area contributed by atoms with E-state index in [0.29, 0.717) is 19.0 Å². The SMILES string of the molecule is CCNC1=CN(NCC)Cc2c(NCC(C)(C)O)nc(NCC)nc21. The van der Waals surface area contributed by atoms with Gasteiger partial charge < -0.3 is 26.1 Å². The highest BCUT2D eigenvalue weighted by Crippen LogP contribution is 2.29. The van der Waals surface area contributed by atoms with Crippen LogP contribution >= 0.6 is 0 Å². The van der Waals surface area contributed by atoms with Crippen LogP contribution in [0.1, 0.15) is 45.9 Å². The van der Waals surface area contributed by atoms with Crippen LogP contribution in [0.2, 0.25) is 0 Å². The second-order valence-corrected chi connectivity index (χ2v) is 6.63. The average molecular weight is 349 g/mol. The molecule has 8 heteroatoms. The van der Waals surface area contributed by atoms with Gasteiger partial charge in [0.1, 0.15) is 11.5 Å². The van der Waals surface area contributed by atoms with Crippen molar-refractivity contribution >= 4 is 17.5 Å². The number of aliphatic hydroxyl groups is 1. The fourth-order valence-electron chi connectivity index (χ4n) is 2.60. The molecule has 0 radical (unpaired) electrons. The monoisotopic (exact) mass is 349 g/mol. The average Bonchev–Trinajstić information content (AvgIpc) is 2.53. The normalized spacial score (nSPS) is 14.0. The third-order valence-corrected chi connectivity index (χ3v) is 3.63. The van der Waals surface area contributed by atoms with E-state index in [1.807, 2.05) is 18.1 Å². The predicted molar refractivity (Wildman–Crippen MR) is 102 cm³/mol. The van der Waals surface area contributed by atoms with Crippen LogP contribution in [0.15, 0.2) is 6.20 Å². The minimum absolute atomic E-state index is 0.406. The molecule has 2 heterocycles. The van der Waals surface area contributed by atoms with Crippen molar-refractivity contribution in [3.8, 4) is 0 Å². The van der Waals surface area contributed by atoms with Crippen molar-refractivity contribution in [3.05, 3.63) is 17.5 Å². The quantitative estimate of drug-likeness (QED) is 0.456. The van der Waals surface area contributed by atoms with Gasteiger partial charge in [0.15, 0.2) is 0 Å². The van der Waals surface area contributed by atoms with Gasteiger partial charge in [0.2, 0.25) is 5.95 Å². The van der Waals surface area contributed by atoms with Crippen molar-refractivity contribution in [3.63, 3.8) is 0 Å². The van der Waals surface area contributed by atoms with Crippen LogP contribution in [-0.2, 0) is 6.54 Å². The fourth-order valence-corrected chi connectivity index (χ4v) is 2.60. The zero-order valence-electron chi connectivity index (χ0n) is 15.9. The molecule has 0 amide bonds. The fraction of sp³-hybridized carbons (Fsp3) is 0.647. The number of nitrogens with zero attached hydrogens (tertiary/aromatic N) is 3. The van der Waals surface area contributed by atoms with E-state index in [-0.39, 0.29) is 0 Å². The lowest BCUT2D eigenvalue weighted by Gasteiger charge is -2.30. The summed E-state index contributed by atoms with van der Waals surface area (Å²) in [4.78, 5) is 9.31. The maximum Gasteiger partial charge on any atom is 0.225 e. The molecule has 0 unspecified atom stereocenters. The van der Waals surface area contributed by atoms with Gasteiger partial charge in [0.25, 0.3) is 0 Å². The molecule has 1 aromatic rings. The van der Waals surface area contributed by atoms with E-state index in [1.165, 1.54) is 0 Å². The summed E-state index contributed by atoms with van der Waals surface area (Å²) in [5.74, 6) is 1.33. The molecule has 1 aliphatic rings. The molecule has 2 rings (SSSR count). The lowest BCUT2D eigenvalue weighted by Crippen LogP contribution is -2.38. The minimum atomic E-state index is -0.827. The summed E-state index contributed by atoms with van der Waals surface area (Å²) in [6.45, 7) is 13.1. The number of hydrogen-bond acceptors (Lipinski definition) is 8. The van der Waals surface area contributed by atoms with E-state index in [0.717, 1.165) is 42.4 Å². The number of nitrogens with one attached hydrogen (secondary N) is 4. The lowest BCUT2D eigenvalue weighted by atomic mass is 10.1. The molecule has 0 aromatic carbocycles. The van der Waals surface area contributed by atoms with Crippen LogP contribution in [-0.4, -0.2) is 51.9 Å². The van der Waals surface area contributed by atoms with E-state index in [2.05, 4.69) is 40.2 Å². The first kappa shape index (κ1) is 19.3. The van der Waals surface area contributed by atoms with Crippen molar-refractivity contribution in [1.29, 1.82) is 0 Å². The van der Waals surface area contributed by atoms with E-state index in [4.69, 9.17) is 4.98 Å². The first-order chi connectivity index (χ1) is 11.9. The summed E-state index contributed by atoms with van der Waals surface area (Å²) >= 11 is 0. The van der Waals surface area contributed by atoms with Crippen LogP contribution in [0.3, 0.4) is 0 Å². The third-order valence-electron chi connectivity index (χ3n) is 3.63. The van der Waals surface area contributed by atoms with Gasteiger partial charge in [-0.25, -0.2) is 10.4 Å². The second-order valence-electron chi connectivity index (χ2n) is 6.63. The van der Waals surface area contributed by atoms with Crippen LogP contribution in [0.25, 0.3) is 5.70 Å². The van der Waals surface area contributed by atoms with Gasteiger partial charge in [-0.05, 0) is 27.7 Å². The summed E-state index contributed by atoms with van der Waals surface area (Å²) < 4.78 is 0. The number of hydrazine groups is 1. The van der Waals surface area contributed by atoms with Crippen LogP contribution in [0.5, 0.6) is 0 Å². The largest absolute Gasteiger partial charge is 0.389 e. The van der Waals surface area contributed by atoms with E-state index >= 15 is 0 Å². The summed E-state index contributed by atoms with van der Waals surface area (Å²) in [7, 11) is 0. The molecule has 5 N–H and O–H groups in total. The van der Waals surface area contributed by atoms with E-state index in [9.17, 15) is 5.11 Å². The van der Waals surface area contributed by atoms with Crippen LogP contribution in [0, 0.1) is 0 Å². The van der Waals surface area contributed by atoms with Crippen molar-refractivity contribution in [1.82, 2.24) is 25.7 Å². The molecular weight excluding hydrogens is 318 g/mol. The standard InChI is InChI=1S/C17H31N7O/c1-6-18-13-10-24(21-8-3)9-12-14(13)22-16(19-7-2)23-15(12)20-11-17(4,5)25/h10,18,21,25H,6-9,11H2,1-5H3,(H2,19,20,22,23). The molecule has 25 heavy (non-hydrogen) atoms. The first-order valence-corrected chi connectivity index (χ1v) is 8.95. The summed E-state index contributed by atoms with van der Waals surface area (Å²) in [6.07, 6.45) is 2.04. The molecule has 0 spiro atoms. The topological polar surface area (TPSA) is 97.4 Å². The second kappa shape index (κ2) is 8.35. The van der Waals surface area contributed by atoms with Gasteiger partial charge in [-0.3, -0.25) is 0 Å².